The van der Waals surface area contributed by atoms with Crippen molar-refractivity contribution in [1.29, 1.82) is 0 Å². The standard InChI is InChI=1S/C12H17FN2O2/c1-3-5-8-15(4-2)11-10(13)9(12(16)17)6-7-14-11/h6-7H,3-5,8H2,1-2H3,(H,16,17). The molecule has 1 N–H and O–H groups in total. The third kappa shape index (κ3) is 3.15. The highest BCUT2D eigenvalue weighted by atomic mass is 19.1. The monoisotopic (exact) mass is 240 g/mol. The van der Waals surface area contributed by atoms with Crippen molar-refractivity contribution in [3.8, 4) is 0 Å². The molecule has 0 fully saturated rings. The van der Waals surface area contributed by atoms with Gasteiger partial charge < -0.3 is 10.0 Å². The van der Waals surface area contributed by atoms with Crippen molar-refractivity contribution in [3.05, 3.63) is 23.6 Å². The van der Waals surface area contributed by atoms with Gasteiger partial charge >= 0.3 is 5.97 Å². The summed E-state index contributed by atoms with van der Waals surface area (Å²) >= 11 is 0. The number of aromatic carboxylic acids is 1. The Hall–Kier alpha value is -1.65. The number of pyridine rings is 1. The molecule has 0 aliphatic rings. The first-order chi connectivity index (χ1) is 8.11. The summed E-state index contributed by atoms with van der Waals surface area (Å²) in [6, 6.07) is 1.18. The molecule has 0 aromatic carbocycles. The van der Waals surface area contributed by atoms with Crippen molar-refractivity contribution in [2.24, 2.45) is 0 Å². The van der Waals surface area contributed by atoms with Crippen LogP contribution in [0.4, 0.5) is 10.2 Å². The van der Waals surface area contributed by atoms with Gasteiger partial charge in [0.2, 0.25) is 0 Å². The zero-order valence-corrected chi connectivity index (χ0v) is 10.1. The lowest BCUT2D eigenvalue weighted by atomic mass is 10.2. The molecule has 1 aromatic heterocycles. The van der Waals surface area contributed by atoms with Crippen LogP contribution in [-0.2, 0) is 0 Å². The molecule has 0 atom stereocenters. The van der Waals surface area contributed by atoms with Gasteiger partial charge in [-0.1, -0.05) is 13.3 Å². The molecule has 17 heavy (non-hydrogen) atoms. The van der Waals surface area contributed by atoms with Gasteiger partial charge in [-0.15, -0.1) is 0 Å². The number of halogens is 1. The molecule has 0 bridgehead atoms. The van der Waals surface area contributed by atoms with Gasteiger partial charge in [0, 0.05) is 19.3 Å². The molecule has 1 heterocycles. The van der Waals surface area contributed by atoms with Crippen LogP contribution in [0.25, 0.3) is 0 Å². The molecule has 1 aromatic rings. The normalized spacial score (nSPS) is 10.3. The van der Waals surface area contributed by atoms with Crippen molar-refractivity contribution in [2.75, 3.05) is 18.0 Å². The van der Waals surface area contributed by atoms with E-state index in [9.17, 15) is 9.18 Å². The van der Waals surface area contributed by atoms with E-state index in [-0.39, 0.29) is 11.4 Å². The number of hydrogen-bond donors (Lipinski definition) is 1. The molecule has 0 radical (unpaired) electrons. The summed E-state index contributed by atoms with van der Waals surface area (Å²) in [4.78, 5) is 16.5. The molecule has 0 saturated heterocycles. The number of carboxylic acid groups (broad SMARTS) is 1. The van der Waals surface area contributed by atoms with Gasteiger partial charge in [-0.25, -0.2) is 14.2 Å². The molecule has 0 amide bonds. The SMILES string of the molecule is CCCCN(CC)c1nccc(C(=O)O)c1F. The smallest absolute Gasteiger partial charge is 0.338 e. The summed E-state index contributed by atoms with van der Waals surface area (Å²) in [6.07, 6.45) is 3.25. The van der Waals surface area contributed by atoms with E-state index in [1.165, 1.54) is 12.3 Å². The van der Waals surface area contributed by atoms with Crippen LogP contribution in [0.15, 0.2) is 12.3 Å². The zero-order valence-electron chi connectivity index (χ0n) is 10.1. The molecule has 0 unspecified atom stereocenters. The van der Waals surface area contributed by atoms with Crippen molar-refractivity contribution < 1.29 is 14.3 Å². The first kappa shape index (κ1) is 13.4. The predicted molar refractivity (Wildman–Crippen MR) is 63.9 cm³/mol. The molecular formula is C12H17FN2O2. The topological polar surface area (TPSA) is 53.4 Å². The summed E-state index contributed by atoms with van der Waals surface area (Å²) in [6.45, 7) is 5.22. The van der Waals surface area contributed by atoms with Crippen molar-refractivity contribution in [2.45, 2.75) is 26.7 Å². The molecule has 4 nitrogen and oxygen atoms in total. The summed E-state index contributed by atoms with van der Waals surface area (Å²) in [5, 5.41) is 8.83. The third-order valence-electron chi connectivity index (χ3n) is 2.56. The second-order valence-electron chi connectivity index (χ2n) is 3.73. The second kappa shape index (κ2) is 6.18. The molecule has 0 spiro atoms. The van der Waals surface area contributed by atoms with Crippen molar-refractivity contribution in [3.63, 3.8) is 0 Å². The minimum absolute atomic E-state index is 0.126. The summed E-state index contributed by atoms with van der Waals surface area (Å²) in [5.41, 5.74) is -0.329. The Bertz CT molecular complexity index is 396. The average Bonchev–Trinajstić information content (AvgIpc) is 2.31. The third-order valence-corrected chi connectivity index (χ3v) is 2.56. The van der Waals surface area contributed by atoms with Crippen LogP contribution < -0.4 is 4.90 Å². The van der Waals surface area contributed by atoms with Crippen LogP contribution in [0.2, 0.25) is 0 Å². The Morgan fingerprint density at radius 3 is 2.76 bits per heavy atom. The molecule has 94 valence electrons. The van der Waals surface area contributed by atoms with Gasteiger partial charge in [-0.2, -0.15) is 0 Å². The van der Waals surface area contributed by atoms with Crippen LogP contribution >= 0.6 is 0 Å². The van der Waals surface area contributed by atoms with E-state index < -0.39 is 11.8 Å². The first-order valence-corrected chi connectivity index (χ1v) is 5.74. The van der Waals surface area contributed by atoms with E-state index in [1.807, 2.05) is 13.8 Å². The Labute approximate surface area is 100 Å². The highest BCUT2D eigenvalue weighted by molar-refractivity contribution is 5.88. The fourth-order valence-corrected chi connectivity index (χ4v) is 1.58. The summed E-state index contributed by atoms with van der Waals surface area (Å²) in [5.74, 6) is -1.89. The molecule has 0 saturated carbocycles. The van der Waals surface area contributed by atoms with Gasteiger partial charge in [-0.05, 0) is 19.4 Å². The molecule has 5 heteroatoms. The number of hydrogen-bond acceptors (Lipinski definition) is 3. The Morgan fingerprint density at radius 2 is 2.24 bits per heavy atom. The van der Waals surface area contributed by atoms with Crippen LogP contribution in [0.3, 0.4) is 0 Å². The summed E-state index contributed by atoms with van der Waals surface area (Å²) < 4.78 is 13.9. The number of rotatable bonds is 6. The number of aromatic nitrogens is 1. The largest absolute Gasteiger partial charge is 0.478 e. The minimum Gasteiger partial charge on any atom is -0.478 e. The van der Waals surface area contributed by atoms with Crippen molar-refractivity contribution in [1.82, 2.24) is 4.98 Å². The molecule has 1 rings (SSSR count). The highest BCUT2D eigenvalue weighted by Crippen LogP contribution is 2.19. The molecule has 0 aliphatic carbocycles. The van der Waals surface area contributed by atoms with Gasteiger partial charge in [-0.3, -0.25) is 0 Å². The maximum atomic E-state index is 13.9. The highest BCUT2D eigenvalue weighted by Gasteiger charge is 2.18. The summed E-state index contributed by atoms with van der Waals surface area (Å²) in [7, 11) is 0. The van der Waals surface area contributed by atoms with Crippen LogP contribution in [0.5, 0.6) is 0 Å². The van der Waals surface area contributed by atoms with E-state index in [1.54, 1.807) is 4.90 Å². The predicted octanol–water partition coefficient (Wildman–Crippen LogP) is 2.55. The Morgan fingerprint density at radius 1 is 1.53 bits per heavy atom. The van der Waals surface area contributed by atoms with Gasteiger partial charge in [0.15, 0.2) is 11.6 Å². The van der Waals surface area contributed by atoms with Crippen LogP contribution in [-0.4, -0.2) is 29.1 Å². The lowest BCUT2D eigenvalue weighted by Gasteiger charge is -2.22. The van der Waals surface area contributed by atoms with E-state index >= 15 is 0 Å². The quantitative estimate of drug-likeness (QED) is 0.830. The number of nitrogens with zero attached hydrogens (tertiary/aromatic N) is 2. The van der Waals surface area contributed by atoms with E-state index in [0.717, 1.165) is 12.8 Å². The lowest BCUT2D eigenvalue weighted by molar-refractivity contribution is 0.0691. The van der Waals surface area contributed by atoms with Crippen LogP contribution in [0, 0.1) is 5.82 Å². The number of anilines is 1. The van der Waals surface area contributed by atoms with Crippen LogP contribution in [0.1, 0.15) is 37.0 Å². The average molecular weight is 240 g/mol. The minimum atomic E-state index is -1.27. The Kier molecular flexibility index (Phi) is 4.87. The van der Waals surface area contributed by atoms with E-state index in [0.29, 0.717) is 13.1 Å². The second-order valence-corrected chi connectivity index (χ2v) is 3.73. The van der Waals surface area contributed by atoms with Gasteiger partial charge in [0.1, 0.15) is 5.56 Å². The molecule has 0 aliphatic heterocycles. The number of unbranched alkanes of at least 4 members (excludes halogenated alkanes) is 1. The molecular weight excluding hydrogens is 223 g/mol. The fraction of sp³-hybridized carbons (Fsp3) is 0.500. The number of carboxylic acids is 1. The number of carbonyl (C=O) groups is 1. The van der Waals surface area contributed by atoms with E-state index in [2.05, 4.69) is 4.98 Å². The maximum Gasteiger partial charge on any atom is 0.338 e. The fourth-order valence-electron chi connectivity index (χ4n) is 1.58. The van der Waals surface area contributed by atoms with E-state index in [4.69, 9.17) is 5.11 Å². The zero-order chi connectivity index (χ0) is 12.8. The van der Waals surface area contributed by atoms with Crippen molar-refractivity contribution >= 4 is 11.8 Å². The maximum absolute atomic E-state index is 13.9. The van der Waals surface area contributed by atoms with Gasteiger partial charge in [0.05, 0.1) is 0 Å². The lowest BCUT2D eigenvalue weighted by Crippen LogP contribution is -2.26. The van der Waals surface area contributed by atoms with Gasteiger partial charge in [0.25, 0.3) is 0 Å². The first-order valence-electron chi connectivity index (χ1n) is 5.74. The Balaban J connectivity index is 3.03.